The van der Waals surface area contributed by atoms with Crippen LogP contribution in [0, 0.1) is 5.82 Å². The summed E-state index contributed by atoms with van der Waals surface area (Å²) in [6, 6.07) is 2.21. The first-order valence-electron chi connectivity index (χ1n) is 6.18. The number of nitrogen functional groups attached to an aromatic ring is 1. The highest BCUT2D eigenvalue weighted by molar-refractivity contribution is 9.10. The molecule has 1 unspecified atom stereocenters. The largest absolute Gasteiger partial charge is 0.396 e. The lowest BCUT2D eigenvalue weighted by Gasteiger charge is -2.22. The van der Waals surface area contributed by atoms with Gasteiger partial charge in [0.1, 0.15) is 5.82 Å². The molecule has 2 N–H and O–H groups in total. The standard InChI is InChI=1S/C12H16BrFN2O3S/c1-8-7-16(3-2-4-19-8)20(17,18)12-6-11(15)10(14)5-9(12)13/h5-6,8H,2-4,7,15H2,1H3. The summed E-state index contributed by atoms with van der Waals surface area (Å²) in [5.41, 5.74) is 5.28. The molecule has 0 amide bonds. The van der Waals surface area contributed by atoms with E-state index in [0.29, 0.717) is 19.6 Å². The van der Waals surface area contributed by atoms with Crippen molar-refractivity contribution in [1.82, 2.24) is 4.31 Å². The first kappa shape index (κ1) is 15.7. The Bertz CT molecular complexity index is 609. The molecule has 1 heterocycles. The topological polar surface area (TPSA) is 72.6 Å². The monoisotopic (exact) mass is 366 g/mol. The molecular weight excluding hydrogens is 351 g/mol. The fraction of sp³-hybridized carbons (Fsp3) is 0.500. The van der Waals surface area contributed by atoms with E-state index < -0.39 is 15.8 Å². The zero-order valence-electron chi connectivity index (χ0n) is 11.0. The maximum absolute atomic E-state index is 13.3. The lowest BCUT2D eigenvalue weighted by Crippen LogP contribution is -2.36. The minimum absolute atomic E-state index is 0.0227. The van der Waals surface area contributed by atoms with Gasteiger partial charge in [-0.15, -0.1) is 0 Å². The van der Waals surface area contributed by atoms with E-state index in [2.05, 4.69) is 15.9 Å². The van der Waals surface area contributed by atoms with E-state index in [1.165, 1.54) is 4.31 Å². The van der Waals surface area contributed by atoms with Crippen LogP contribution in [0.25, 0.3) is 0 Å². The average Bonchev–Trinajstić information content (AvgIpc) is 2.58. The molecule has 0 bridgehead atoms. The van der Waals surface area contributed by atoms with Gasteiger partial charge in [0, 0.05) is 24.2 Å². The predicted octanol–water partition coefficient (Wildman–Crippen LogP) is 1.97. The van der Waals surface area contributed by atoms with Gasteiger partial charge in [-0.3, -0.25) is 0 Å². The Morgan fingerprint density at radius 1 is 1.50 bits per heavy atom. The summed E-state index contributed by atoms with van der Waals surface area (Å²) in [6.07, 6.45) is 0.446. The summed E-state index contributed by atoms with van der Waals surface area (Å²) < 4.78 is 45.6. The summed E-state index contributed by atoms with van der Waals surface area (Å²) in [6.45, 7) is 2.99. The summed E-state index contributed by atoms with van der Waals surface area (Å²) in [5.74, 6) is -0.650. The third kappa shape index (κ3) is 3.13. The van der Waals surface area contributed by atoms with Crippen molar-refractivity contribution in [3.63, 3.8) is 0 Å². The summed E-state index contributed by atoms with van der Waals surface area (Å²) in [5, 5.41) is 0. The van der Waals surface area contributed by atoms with Gasteiger partial charge in [-0.1, -0.05) is 0 Å². The van der Waals surface area contributed by atoms with Crippen LogP contribution >= 0.6 is 15.9 Å². The Kier molecular flexibility index (Phi) is 4.68. The molecule has 1 aliphatic rings. The first-order valence-corrected chi connectivity index (χ1v) is 8.42. The van der Waals surface area contributed by atoms with Crippen molar-refractivity contribution < 1.29 is 17.5 Å². The van der Waals surface area contributed by atoms with Crippen molar-refractivity contribution >= 4 is 31.6 Å². The fourth-order valence-corrected chi connectivity index (χ4v) is 4.62. The number of rotatable bonds is 2. The quantitative estimate of drug-likeness (QED) is 0.812. The van der Waals surface area contributed by atoms with Crippen molar-refractivity contribution in [3.8, 4) is 0 Å². The zero-order valence-corrected chi connectivity index (χ0v) is 13.4. The fourth-order valence-electron chi connectivity index (χ4n) is 2.06. The van der Waals surface area contributed by atoms with Crippen LogP contribution in [0.3, 0.4) is 0 Å². The third-order valence-electron chi connectivity index (χ3n) is 3.08. The highest BCUT2D eigenvalue weighted by atomic mass is 79.9. The van der Waals surface area contributed by atoms with E-state index >= 15 is 0 Å². The highest BCUT2D eigenvalue weighted by Crippen LogP contribution is 2.29. The maximum Gasteiger partial charge on any atom is 0.244 e. The second kappa shape index (κ2) is 5.97. The van der Waals surface area contributed by atoms with Crippen LogP contribution in [-0.2, 0) is 14.8 Å². The number of halogens is 2. The van der Waals surface area contributed by atoms with Gasteiger partial charge in [0.05, 0.1) is 16.7 Å². The maximum atomic E-state index is 13.3. The third-order valence-corrected chi connectivity index (χ3v) is 5.91. The lowest BCUT2D eigenvalue weighted by atomic mass is 10.3. The molecule has 0 spiro atoms. The smallest absolute Gasteiger partial charge is 0.244 e. The molecule has 1 aliphatic heterocycles. The first-order chi connectivity index (χ1) is 9.32. The molecule has 1 fully saturated rings. The van der Waals surface area contributed by atoms with Gasteiger partial charge in [-0.2, -0.15) is 4.31 Å². The molecule has 0 aromatic heterocycles. The van der Waals surface area contributed by atoms with Gasteiger partial charge in [0.25, 0.3) is 0 Å². The second-order valence-electron chi connectivity index (χ2n) is 4.70. The second-order valence-corrected chi connectivity index (χ2v) is 7.46. The molecule has 1 saturated heterocycles. The molecule has 5 nitrogen and oxygen atoms in total. The van der Waals surface area contributed by atoms with E-state index in [-0.39, 0.29) is 27.7 Å². The number of hydrogen-bond donors (Lipinski definition) is 1. The highest BCUT2D eigenvalue weighted by Gasteiger charge is 2.30. The van der Waals surface area contributed by atoms with Crippen LogP contribution in [0.4, 0.5) is 10.1 Å². The van der Waals surface area contributed by atoms with Gasteiger partial charge in [-0.25, -0.2) is 12.8 Å². The van der Waals surface area contributed by atoms with Crippen molar-refractivity contribution in [2.75, 3.05) is 25.4 Å². The number of nitrogens with two attached hydrogens (primary N) is 1. The van der Waals surface area contributed by atoms with E-state index in [4.69, 9.17) is 10.5 Å². The van der Waals surface area contributed by atoms with Crippen molar-refractivity contribution in [2.24, 2.45) is 0 Å². The Balaban J connectivity index is 2.41. The van der Waals surface area contributed by atoms with Gasteiger partial charge in [-0.05, 0) is 41.4 Å². The summed E-state index contributed by atoms with van der Waals surface area (Å²) >= 11 is 3.09. The average molecular weight is 367 g/mol. The van der Waals surface area contributed by atoms with Gasteiger partial charge < -0.3 is 10.5 Å². The van der Waals surface area contributed by atoms with E-state index in [9.17, 15) is 12.8 Å². The molecular formula is C12H16BrFN2O3S. The van der Waals surface area contributed by atoms with E-state index in [1.54, 1.807) is 0 Å². The zero-order chi connectivity index (χ0) is 14.9. The Labute approximate surface area is 126 Å². The molecule has 112 valence electrons. The minimum atomic E-state index is -3.73. The van der Waals surface area contributed by atoms with Crippen molar-refractivity contribution in [2.45, 2.75) is 24.3 Å². The SMILES string of the molecule is CC1CN(S(=O)(=O)c2cc(N)c(F)cc2Br)CCCO1. The molecule has 1 aromatic carbocycles. The molecule has 0 radical (unpaired) electrons. The molecule has 8 heteroatoms. The normalized spacial score (nSPS) is 21.6. The molecule has 1 aromatic rings. The van der Waals surface area contributed by atoms with Crippen molar-refractivity contribution in [3.05, 3.63) is 22.4 Å². The number of anilines is 1. The number of sulfonamides is 1. The summed E-state index contributed by atoms with van der Waals surface area (Å²) in [7, 11) is -3.73. The molecule has 2 rings (SSSR count). The number of hydrogen-bond acceptors (Lipinski definition) is 4. The molecule has 0 aliphatic carbocycles. The van der Waals surface area contributed by atoms with Crippen LogP contribution in [0.2, 0.25) is 0 Å². The van der Waals surface area contributed by atoms with Crippen LogP contribution < -0.4 is 5.73 Å². The molecule has 1 atom stereocenters. The van der Waals surface area contributed by atoms with Crippen LogP contribution in [-0.4, -0.2) is 38.5 Å². The van der Waals surface area contributed by atoms with Gasteiger partial charge in [0.15, 0.2) is 0 Å². The van der Waals surface area contributed by atoms with Crippen LogP contribution in [0.5, 0.6) is 0 Å². The van der Waals surface area contributed by atoms with Crippen LogP contribution in [0.15, 0.2) is 21.5 Å². The number of ether oxygens (including phenoxy) is 1. The Morgan fingerprint density at radius 2 is 2.20 bits per heavy atom. The summed E-state index contributed by atoms with van der Waals surface area (Å²) in [4.78, 5) is -0.0227. The molecule has 20 heavy (non-hydrogen) atoms. The van der Waals surface area contributed by atoms with Crippen LogP contribution in [0.1, 0.15) is 13.3 Å². The minimum Gasteiger partial charge on any atom is -0.396 e. The number of nitrogens with zero attached hydrogens (tertiary/aromatic N) is 1. The van der Waals surface area contributed by atoms with Gasteiger partial charge >= 0.3 is 0 Å². The van der Waals surface area contributed by atoms with Gasteiger partial charge in [0.2, 0.25) is 10.0 Å². The Hall–Kier alpha value is -0.700. The lowest BCUT2D eigenvalue weighted by molar-refractivity contribution is 0.0752. The van der Waals surface area contributed by atoms with Crippen molar-refractivity contribution in [1.29, 1.82) is 0 Å². The van der Waals surface area contributed by atoms with E-state index in [0.717, 1.165) is 12.1 Å². The predicted molar refractivity (Wildman–Crippen MR) is 77.3 cm³/mol. The molecule has 0 saturated carbocycles. The Morgan fingerprint density at radius 3 is 2.90 bits per heavy atom. The van der Waals surface area contributed by atoms with E-state index in [1.807, 2.05) is 6.92 Å². The number of benzene rings is 1.